The van der Waals surface area contributed by atoms with Gasteiger partial charge in [0.15, 0.2) is 11.5 Å². The van der Waals surface area contributed by atoms with Gasteiger partial charge in [-0.1, -0.05) is 6.07 Å². The number of nitrogens with zero attached hydrogens (tertiary/aromatic N) is 1. The predicted molar refractivity (Wildman–Crippen MR) is 78.2 cm³/mol. The Labute approximate surface area is 120 Å². The maximum Gasteiger partial charge on any atom is 0.160 e. The number of ether oxygens (including phenoxy) is 2. The highest BCUT2D eigenvalue weighted by Gasteiger charge is 2.13. The summed E-state index contributed by atoms with van der Waals surface area (Å²) in [6.45, 7) is 7.68. The Morgan fingerprint density at radius 2 is 2.15 bits per heavy atom. The van der Waals surface area contributed by atoms with Gasteiger partial charge < -0.3 is 19.9 Å². The van der Waals surface area contributed by atoms with Crippen molar-refractivity contribution in [3.63, 3.8) is 0 Å². The van der Waals surface area contributed by atoms with E-state index in [1.807, 2.05) is 12.1 Å². The van der Waals surface area contributed by atoms with E-state index in [0.717, 1.165) is 45.0 Å². The molecule has 2 rings (SSSR count). The Morgan fingerprint density at radius 1 is 1.40 bits per heavy atom. The maximum absolute atomic E-state index is 9.56. The second-order valence-corrected chi connectivity index (χ2v) is 5.20. The number of aromatic hydroxyl groups is 1. The van der Waals surface area contributed by atoms with Gasteiger partial charge in [-0.3, -0.25) is 4.90 Å². The van der Waals surface area contributed by atoms with Crippen LogP contribution in [0.15, 0.2) is 18.2 Å². The molecule has 0 spiro atoms. The summed E-state index contributed by atoms with van der Waals surface area (Å²) in [5.74, 6) is 0.697. The standard InChI is InChI=1S/C15H24N2O3/c1-12(11-17-5-7-20-8-6-17)16-10-13-3-4-14(18)15(9-13)19-2/h3-4,9,12,16,18H,5-8,10-11H2,1-2H3. The topological polar surface area (TPSA) is 54.0 Å². The third-order valence-corrected chi connectivity index (χ3v) is 3.53. The molecule has 1 heterocycles. The largest absolute Gasteiger partial charge is 0.504 e. The van der Waals surface area contributed by atoms with Gasteiger partial charge in [-0.15, -0.1) is 0 Å². The van der Waals surface area contributed by atoms with E-state index in [1.165, 1.54) is 0 Å². The molecular weight excluding hydrogens is 256 g/mol. The van der Waals surface area contributed by atoms with Gasteiger partial charge in [0.1, 0.15) is 0 Å². The summed E-state index contributed by atoms with van der Waals surface area (Å²) in [7, 11) is 1.56. The number of hydrogen-bond acceptors (Lipinski definition) is 5. The van der Waals surface area contributed by atoms with E-state index >= 15 is 0 Å². The first-order valence-electron chi connectivity index (χ1n) is 7.08. The third-order valence-electron chi connectivity index (χ3n) is 3.53. The van der Waals surface area contributed by atoms with Gasteiger partial charge in [0, 0.05) is 32.2 Å². The quantitative estimate of drug-likeness (QED) is 0.820. The summed E-state index contributed by atoms with van der Waals surface area (Å²) in [6.07, 6.45) is 0. The molecule has 1 fully saturated rings. The lowest BCUT2D eigenvalue weighted by Crippen LogP contribution is -2.44. The molecule has 1 aliphatic rings. The van der Waals surface area contributed by atoms with E-state index in [9.17, 15) is 5.11 Å². The lowest BCUT2D eigenvalue weighted by Gasteiger charge is -2.29. The molecule has 0 aromatic heterocycles. The fourth-order valence-corrected chi connectivity index (χ4v) is 2.36. The number of rotatable bonds is 6. The summed E-state index contributed by atoms with van der Waals surface area (Å²) < 4.78 is 10.5. The Morgan fingerprint density at radius 3 is 2.85 bits per heavy atom. The summed E-state index contributed by atoms with van der Waals surface area (Å²) in [5, 5.41) is 13.1. The second-order valence-electron chi connectivity index (χ2n) is 5.20. The van der Waals surface area contributed by atoms with Crippen LogP contribution in [0.25, 0.3) is 0 Å². The smallest absolute Gasteiger partial charge is 0.160 e. The summed E-state index contributed by atoms with van der Waals surface area (Å²) in [6, 6.07) is 5.85. The first-order valence-corrected chi connectivity index (χ1v) is 7.08. The Bertz CT molecular complexity index is 420. The molecule has 1 aliphatic heterocycles. The van der Waals surface area contributed by atoms with Crippen molar-refractivity contribution < 1.29 is 14.6 Å². The molecule has 0 saturated carbocycles. The average Bonchev–Trinajstić information content (AvgIpc) is 2.47. The Balaban J connectivity index is 1.78. The van der Waals surface area contributed by atoms with Crippen molar-refractivity contribution in [3.05, 3.63) is 23.8 Å². The number of morpholine rings is 1. The van der Waals surface area contributed by atoms with Crippen molar-refractivity contribution in [1.29, 1.82) is 0 Å². The summed E-state index contributed by atoms with van der Waals surface area (Å²) in [4.78, 5) is 2.42. The van der Waals surface area contributed by atoms with Crippen LogP contribution in [-0.2, 0) is 11.3 Å². The van der Waals surface area contributed by atoms with Gasteiger partial charge in [0.05, 0.1) is 20.3 Å². The molecule has 0 bridgehead atoms. The molecule has 2 N–H and O–H groups in total. The number of phenolic OH excluding ortho intramolecular Hbond substituents is 1. The minimum Gasteiger partial charge on any atom is -0.504 e. The van der Waals surface area contributed by atoms with Gasteiger partial charge in [-0.05, 0) is 24.6 Å². The summed E-state index contributed by atoms with van der Waals surface area (Å²) >= 11 is 0. The molecule has 1 saturated heterocycles. The summed E-state index contributed by atoms with van der Waals surface area (Å²) in [5.41, 5.74) is 1.11. The van der Waals surface area contributed by atoms with Crippen molar-refractivity contribution in [2.24, 2.45) is 0 Å². The van der Waals surface area contributed by atoms with Crippen molar-refractivity contribution in [2.45, 2.75) is 19.5 Å². The van der Waals surface area contributed by atoms with Crippen LogP contribution < -0.4 is 10.1 Å². The highest BCUT2D eigenvalue weighted by Crippen LogP contribution is 2.26. The predicted octanol–water partition coefficient (Wildman–Crippen LogP) is 1.21. The minimum atomic E-state index is 0.178. The molecule has 0 amide bonds. The maximum atomic E-state index is 9.56. The molecule has 20 heavy (non-hydrogen) atoms. The van der Waals surface area contributed by atoms with Crippen LogP contribution in [-0.4, -0.2) is 56.0 Å². The fourth-order valence-electron chi connectivity index (χ4n) is 2.36. The van der Waals surface area contributed by atoms with E-state index < -0.39 is 0 Å². The molecule has 5 nitrogen and oxygen atoms in total. The van der Waals surface area contributed by atoms with E-state index in [4.69, 9.17) is 9.47 Å². The molecular formula is C15H24N2O3. The van der Waals surface area contributed by atoms with E-state index in [1.54, 1.807) is 13.2 Å². The first-order chi connectivity index (χ1) is 9.69. The van der Waals surface area contributed by atoms with Crippen LogP contribution in [0.4, 0.5) is 0 Å². The van der Waals surface area contributed by atoms with Crippen molar-refractivity contribution in [2.75, 3.05) is 40.0 Å². The third kappa shape index (κ3) is 4.37. The van der Waals surface area contributed by atoms with Crippen LogP contribution >= 0.6 is 0 Å². The molecule has 112 valence electrons. The van der Waals surface area contributed by atoms with Crippen molar-refractivity contribution in [3.8, 4) is 11.5 Å². The monoisotopic (exact) mass is 280 g/mol. The number of hydrogen-bond donors (Lipinski definition) is 2. The SMILES string of the molecule is COc1cc(CNC(C)CN2CCOCC2)ccc1O. The lowest BCUT2D eigenvalue weighted by atomic mass is 10.2. The van der Waals surface area contributed by atoms with Crippen LogP contribution in [0.3, 0.4) is 0 Å². The fraction of sp³-hybridized carbons (Fsp3) is 0.600. The van der Waals surface area contributed by atoms with E-state index in [0.29, 0.717) is 11.8 Å². The van der Waals surface area contributed by atoms with Gasteiger partial charge in [-0.25, -0.2) is 0 Å². The normalized spacial score (nSPS) is 17.9. The van der Waals surface area contributed by atoms with Gasteiger partial charge in [-0.2, -0.15) is 0 Å². The molecule has 5 heteroatoms. The lowest BCUT2D eigenvalue weighted by molar-refractivity contribution is 0.0343. The van der Waals surface area contributed by atoms with Crippen LogP contribution in [0.5, 0.6) is 11.5 Å². The first kappa shape index (κ1) is 15.1. The van der Waals surface area contributed by atoms with Crippen molar-refractivity contribution >= 4 is 0 Å². The highest BCUT2D eigenvalue weighted by atomic mass is 16.5. The highest BCUT2D eigenvalue weighted by molar-refractivity contribution is 5.41. The van der Waals surface area contributed by atoms with Crippen molar-refractivity contribution in [1.82, 2.24) is 10.2 Å². The van der Waals surface area contributed by atoms with E-state index in [2.05, 4.69) is 17.1 Å². The molecule has 1 aromatic carbocycles. The van der Waals surface area contributed by atoms with Crippen LogP contribution in [0.1, 0.15) is 12.5 Å². The molecule has 1 aromatic rings. The van der Waals surface area contributed by atoms with Crippen LogP contribution in [0, 0.1) is 0 Å². The zero-order valence-corrected chi connectivity index (χ0v) is 12.3. The van der Waals surface area contributed by atoms with Gasteiger partial charge in [0.2, 0.25) is 0 Å². The molecule has 1 unspecified atom stereocenters. The van der Waals surface area contributed by atoms with E-state index in [-0.39, 0.29) is 5.75 Å². The number of phenols is 1. The second kappa shape index (κ2) is 7.47. The molecule has 0 aliphatic carbocycles. The Kier molecular flexibility index (Phi) is 5.64. The van der Waals surface area contributed by atoms with Crippen LogP contribution in [0.2, 0.25) is 0 Å². The number of methoxy groups -OCH3 is 1. The molecule has 0 radical (unpaired) electrons. The minimum absolute atomic E-state index is 0.178. The zero-order valence-electron chi connectivity index (χ0n) is 12.3. The number of benzene rings is 1. The zero-order chi connectivity index (χ0) is 14.4. The average molecular weight is 280 g/mol. The Hall–Kier alpha value is -1.30. The molecule has 1 atom stereocenters. The van der Waals surface area contributed by atoms with Gasteiger partial charge >= 0.3 is 0 Å². The van der Waals surface area contributed by atoms with Gasteiger partial charge in [0.25, 0.3) is 0 Å². The number of nitrogens with one attached hydrogen (secondary N) is 1.